The molecule has 1 aliphatic heterocycles. The van der Waals surface area contributed by atoms with E-state index in [0.29, 0.717) is 51.5 Å². The number of allylic oxidation sites excluding steroid dienone is 3. The van der Waals surface area contributed by atoms with Crippen molar-refractivity contribution in [2.45, 2.75) is 38.6 Å². The number of nitrogens with zero attached hydrogens (tertiary/aromatic N) is 1. The lowest BCUT2D eigenvalue weighted by Crippen LogP contribution is -2.33. The quantitative estimate of drug-likeness (QED) is 0.670. The highest BCUT2D eigenvalue weighted by Crippen LogP contribution is 2.34. The van der Waals surface area contributed by atoms with E-state index in [2.05, 4.69) is 5.32 Å². The molecular weight excluding hydrogens is 418 g/mol. The van der Waals surface area contributed by atoms with E-state index in [1.54, 1.807) is 18.2 Å². The van der Waals surface area contributed by atoms with E-state index in [9.17, 15) is 9.59 Å². The molecule has 0 saturated heterocycles. The zero-order valence-electron chi connectivity index (χ0n) is 16.8. The Labute approximate surface area is 187 Å². The molecule has 0 atom stereocenters. The molecule has 0 spiro atoms. The number of hydrogen-bond acceptors (Lipinski definition) is 4. The van der Waals surface area contributed by atoms with Crippen LogP contribution in [0.1, 0.15) is 48.0 Å². The smallest absolute Gasteiger partial charge is 0.256 e. The minimum atomic E-state index is -0.328. The van der Waals surface area contributed by atoms with E-state index in [-0.39, 0.29) is 11.8 Å². The molecule has 4 rings (SSSR count). The fraction of sp³-hybridized carbons (Fsp3) is 0.435. The molecule has 2 amide bonds. The minimum Gasteiger partial charge on any atom is -0.334 e. The van der Waals surface area contributed by atoms with Gasteiger partial charge in [0.15, 0.2) is 0 Å². The molecule has 5 nitrogen and oxygen atoms in total. The molecular formula is C23H26ClN3O2S. The third kappa shape index (κ3) is 4.36. The highest BCUT2D eigenvalue weighted by molar-refractivity contribution is 7.81. The topological polar surface area (TPSA) is 75.4 Å². The lowest BCUT2D eigenvalue weighted by molar-refractivity contribution is -0.112. The van der Waals surface area contributed by atoms with Crippen molar-refractivity contribution in [3.05, 3.63) is 52.1 Å². The van der Waals surface area contributed by atoms with Crippen LogP contribution in [0.15, 0.2) is 41.0 Å². The molecule has 158 valence electrons. The second-order valence-corrected chi connectivity index (χ2v) is 9.31. The average molecular weight is 444 g/mol. The van der Waals surface area contributed by atoms with Gasteiger partial charge in [-0.25, -0.2) is 0 Å². The van der Waals surface area contributed by atoms with Crippen LogP contribution >= 0.6 is 23.8 Å². The number of carbonyl (C=O) groups is 2. The first-order chi connectivity index (χ1) is 14.5. The molecule has 1 heterocycles. The van der Waals surface area contributed by atoms with Crippen LogP contribution in [0.3, 0.4) is 0 Å². The summed E-state index contributed by atoms with van der Waals surface area (Å²) in [5.41, 5.74) is 8.25. The molecule has 0 radical (unpaired) electrons. The summed E-state index contributed by atoms with van der Waals surface area (Å²) >= 11 is 11.4. The summed E-state index contributed by atoms with van der Waals surface area (Å²) < 4.78 is 0. The molecule has 3 N–H and O–H groups in total. The molecule has 0 aromatic heterocycles. The molecule has 1 saturated carbocycles. The first kappa shape index (κ1) is 21.2. The number of rotatable bonds is 5. The standard InChI is InChI=1S/C23H26ClN3O2S/c24-17-8-9-20(30)18(10-17)22(28)26-19-3-1-2-16-13-27(23(29)21(16)19)12-15-6-4-14(11-25)5-7-15/h1-3,8,10,14-15H,4-7,9,11-13,25H2,(H,26,28). The van der Waals surface area contributed by atoms with Crippen molar-refractivity contribution in [3.8, 4) is 0 Å². The molecule has 1 aromatic carbocycles. The predicted octanol–water partition coefficient (Wildman–Crippen LogP) is 4.17. The van der Waals surface area contributed by atoms with Gasteiger partial charge in [0.1, 0.15) is 0 Å². The summed E-state index contributed by atoms with van der Waals surface area (Å²) in [5.74, 6) is 0.798. The second kappa shape index (κ2) is 9.00. The van der Waals surface area contributed by atoms with Crippen molar-refractivity contribution in [2.75, 3.05) is 18.4 Å². The van der Waals surface area contributed by atoms with Crippen LogP contribution in [0, 0.1) is 11.8 Å². The Bertz CT molecular complexity index is 948. The van der Waals surface area contributed by atoms with Crippen LogP contribution in [-0.2, 0) is 11.3 Å². The largest absolute Gasteiger partial charge is 0.334 e. The number of benzene rings is 1. The zero-order chi connectivity index (χ0) is 21.3. The van der Waals surface area contributed by atoms with E-state index in [4.69, 9.17) is 29.6 Å². The maximum absolute atomic E-state index is 13.2. The van der Waals surface area contributed by atoms with Gasteiger partial charge in [0.05, 0.1) is 16.8 Å². The highest BCUT2D eigenvalue weighted by Gasteiger charge is 2.33. The minimum absolute atomic E-state index is 0.0139. The summed E-state index contributed by atoms with van der Waals surface area (Å²) in [7, 11) is 0. The van der Waals surface area contributed by atoms with Gasteiger partial charge in [-0.2, -0.15) is 0 Å². The van der Waals surface area contributed by atoms with Gasteiger partial charge < -0.3 is 16.0 Å². The van der Waals surface area contributed by atoms with Gasteiger partial charge in [0.2, 0.25) is 0 Å². The van der Waals surface area contributed by atoms with Gasteiger partial charge in [0.25, 0.3) is 11.8 Å². The normalized spacial score (nSPS) is 23.7. The molecule has 30 heavy (non-hydrogen) atoms. The highest BCUT2D eigenvalue weighted by atomic mass is 35.5. The van der Waals surface area contributed by atoms with Gasteiger partial charge in [-0.3, -0.25) is 9.59 Å². The van der Waals surface area contributed by atoms with Crippen LogP contribution in [0.2, 0.25) is 0 Å². The molecule has 0 unspecified atom stereocenters. The average Bonchev–Trinajstić information content (AvgIpc) is 3.06. The third-order valence-corrected chi connectivity index (χ3v) is 7.00. The second-order valence-electron chi connectivity index (χ2n) is 8.38. The van der Waals surface area contributed by atoms with Crippen molar-refractivity contribution in [2.24, 2.45) is 17.6 Å². The first-order valence-corrected chi connectivity index (χ1v) is 11.3. The van der Waals surface area contributed by atoms with Crippen molar-refractivity contribution < 1.29 is 9.59 Å². The van der Waals surface area contributed by atoms with Crippen molar-refractivity contribution in [1.82, 2.24) is 4.90 Å². The van der Waals surface area contributed by atoms with E-state index in [1.165, 1.54) is 0 Å². The molecule has 1 fully saturated rings. The Morgan fingerprint density at radius 1 is 1.23 bits per heavy atom. The van der Waals surface area contributed by atoms with Crippen LogP contribution in [0.5, 0.6) is 0 Å². The van der Waals surface area contributed by atoms with Crippen LogP contribution in [0.4, 0.5) is 5.69 Å². The Balaban J connectivity index is 1.47. The van der Waals surface area contributed by atoms with Gasteiger partial charge in [-0.05, 0) is 61.8 Å². The van der Waals surface area contributed by atoms with E-state index < -0.39 is 0 Å². The van der Waals surface area contributed by atoms with Gasteiger partial charge >= 0.3 is 0 Å². The number of fused-ring (bicyclic) bond motifs is 1. The lowest BCUT2D eigenvalue weighted by atomic mass is 9.82. The van der Waals surface area contributed by atoms with Crippen LogP contribution < -0.4 is 11.1 Å². The number of halogens is 1. The number of nitrogens with one attached hydrogen (secondary N) is 1. The maximum Gasteiger partial charge on any atom is 0.256 e. The summed E-state index contributed by atoms with van der Waals surface area (Å²) in [6.45, 7) is 2.10. The van der Waals surface area contributed by atoms with Gasteiger partial charge in [-0.15, -0.1) is 0 Å². The van der Waals surface area contributed by atoms with E-state index >= 15 is 0 Å². The molecule has 7 heteroatoms. The third-order valence-electron chi connectivity index (χ3n) is 6.35. The Kier molecular flexibility index (Phi) is 6.37. The number of nitrogens with two attached hydrogens (primary N) is 1. The lowest BCUT2D eigenvalue weighted by Gasteiger charge is -2.30. The maximum atomic E-state index is 13.2. The zero-order valence-corrected chi connectivity index (χ0v) is 18.4. The van der Waals surface area contributed by atoms with Gasteiger partial charge in [-0.1, -0.05) is 42.0 Å². The SMILES string of the molecule is NCC1CCC(CN2Cc3cccc(NC(=O)C4=CC(Cl)=CCC4=S)c3C2=O)CC1. The monoisotopic (exact) mass is 443 g/mol. The van der Waals surface area contributed by atoms with E-state index in [1.807, 2.05) is 17.0 Å². The Hall–Kier alpha value is -2.02. The summed E-state index contributed by atoms with van der Waals surface area (Å²) in [6.07, 6.45) is 8.35. The van der Waals surface area contributed by atoms with Crippen molar-refractivity contribution in [3.63, 3.8) is 0 Å². The first-order valence-electron chi connectivity index (χ1n) is 10.5. The Morgan fingerprint density at radius 2 is 1.97 bits per heavy atom. The van der Waals surface area contributed by atoms with Crippen LogP contribution in [0.25, 0.3) is 0 Å². The van der Waals surface area contributed by atoms with Crippen molar-refractivity contribution in [1.29, 1.82) is 0 Å². The number of thiocarbonyl (C=S) groups is 1. The number of carbonyl (C=O) groups excluding carboxylic acids is 2. The van der Waals surface area contributed by atoms with Gasteiger partial charge in [0, 0.05) is 29.4 Å². The molecule has 3 aliphatic rings. The summed E-state index contributed by atoms with van der Waals surface area (Å²) in [5, 5.41) is 3.39. The van der Waals surface area contributed by atoms with Crippen LogP contribution in [-0.4, -0.2) is 34.7 Å². The molecule has 2 aliphatic carbocycles. The molecule has 0 bridgehead atoms. The Morgan fingerprint density at radius 3 is 2.70 bits per heavy atom. The number of amides is 2. The summed E-state index contributed by atoms with van der Waals surface area (Å²) in [4.78, 5) is 28.4. The summed E-state index contributed by atoms with van der Waals surface area (Å²) in [6, 6.07) is 5.60. The fourth-order valence-corrected chi connectivity index (χ4v) is 5.01. The predicted molar refractivity (Wildman–Crippen MR) is 124 cm³/mol. The van der Waals surface area contributed by atoms with Crippen molar-refractivity contribution >= 4 is 46.2 Å². The fourth-order valence-electron chi connectivity index (χ4n) is 4.59. The molecule has 1 aromatic rings. The number of hydrogen-bond donors (Lipinski definition) is 2. The number of anilines is 1. The van der Waals surface area contributed by atoms with E-state index in [0.717, 1.165) is 44.3 Å².